The molecule has 3 aliphatic rings. The van der Waals surface area contributed by atoms with E-state index >= 15 is 0 Å². The zero-order valence-corrected chi connectivity index (χ0v) is 18.1. The summed E-state index contributed by atoms with van der Waals surface area (Å²) < 4.78 is 44.2. The minimum atomic E-state index is -4.51. The summed E-state index contributed by atoms with van der Waals surface area (Å²) in [5.74, 6) is -0.930. The predicted octanol–water partition coefficient (Wildman–Crippen LogP) is 3.74. The number of amides is 2. The SMILES string of the molecule is O=C1[C@@H]2[C@@H](N=NN2Cc2nc(-c3cccc(C(F)(F)F)c3)no2)C(=O)N1c1ccc2c(c1)CCC2. The third kappa shape index (κ3) is 3.56. The first-order valence-corrected chi connectivity index (χ1v) is 11.0. The number of hydrogen-bond acceptors (Lipinski definition) is 8. The Labute approximate surface area is 196 Å². The number of rotatable bonds is 4. The number of halogens is 3. The van der Waals surface area contributed by atoms with Crippen molar-refractivity contribution in [2.45, 2.75) is 44.1 Å². The van der Waals surface area contributed by atoms with E-state index in [1.807, 2.05) is 12.1 Å². The van der Waals surface area contributed by atoms with Crippen LogP contribution in [0.3, 0.4) is 0 Å². The van der Waals surface area contributed by atoms with Crippen LogP contribution in [0.4, 0.5) is 18.9 Å². The third-order valence-electron chi connectivity index (χ3n) is 6.41. The summed E-state index contributed by atoms with van der Waals surface area (Å²) in [5, 5.41) is 13.0. The molecule has 3 heterocycles. The average Bonchev–Trinajstić information content (AvgIpc) is 3.61. The molecule has 12 heteroatoms. The van der Waals surface area contributed by atoms with Gasteiger partial charge in [-0.2, -0.15) is 23.3 Å². The van der Waals surface area contributed by atoms with Crippen LogP contribution in [0, 0.1) is 0 Å². The van der Waals surface area contributed by atoms with Crippen molar-refractivity contribution in [1.29, 1.82) is 0 Å². The van der Waals surface area contributed by atoms with Gasteiger partial charge in [0.05, 0.1) is 11.3 Å². The molecular formula is C23H17F3N6O3. The molecule has 2 atom stereocenters. The van der Waals surface area contributed by atoms with Gasteiger partial charge in [-0.15, -0.1) is 0 Å². The summed E-state index contributed by atoms with van der Waals surface area (Å²) in [4.78, 5) is 31.5. The lowest BCUT2D eigenvalue weighted by Crippen LogP contribution is -2.39. The van der Waals surface area contributed by atoms with Gasteiger partial charge in [0.1, 0.15) is 6.54 Å². The van der Waals surface area contributed by atoms with Gasteiger partial charge in [0.25, 0.3) is 11.8 Å². The van der Waals surface area contributed by atoms with E-state index in [0.29, 0.717) is 5.69 Å². The molecule has 0 unspecified atom stereocenters. The van der Waals surface area contributed by atoms with E-state index in [9.17, 15) is 22.8 Å². The van der Waals surface area contributed by atoms with Crippen LogP contribution in [0.5, 0.6) is 0 Å². The lowest BCUT2D eigenvalue weighted by molar-refractivity contribution is -0.137. The summed E-state index contributed by atoms with van der Waals surface area (Å²) in [6, 6.07) is 8.20. The average molecular weight is 482 g/mol. The molecule has 0 saturated carbocycles. The van der Waals surface area contributed by atoms with Crippen LogP contribution in [-0.4, -0.2) is 39.0 Å². The Kier molecular flexibility index (Phi) is 4.73. The molecule has 178 valence electrons. The Bertz CT molecular complexity index is 1380. The second-order valence-electron chi connectivity index (χ2n) is 8.60. The van der Waals surface area contributed by atoms with Gasteiger partial charge in [0, 0.05) is 5.56 Å². The highest BCUT2D eigenvalue weighted by molar-refractivity contribution is 6.25. The fraction of sp³-hybridized carbons (Fsp3) is 0.304. The van der Waals surface area contributed by atoms with Gasteiger partial charge in [-0.3, -0.25) is 14.6 Å². The first kappa shape index (κ1) is 21.4. The standard InChI is InChI=1S/C23H17F3N6O3/c24-23(25,26)15-6-2-5-14(9-15)20-27-17(35-29-20)11-31-19-18(28-30-31)21(33)32(22(19)34)16-8-7-12-3-1-4-13(12)10-16/h2,5-10,18-19H,1,3-4,11H2/t18-,19+/m1/s1. The lowest BCUT2D eigenvalue weighted by atomic mass is 10.1. The number of anilines is 1. The summed E-state index contributed by atoms with van der Waals surface area (Å²) >= 11 is 0. The van der Waals surface area contributed by atoms with E-state index in [-0.39, 0.29) is 23.8 Å². The van der Waals surface area contributed by atoms with Crippen LogP contribution in [0.25, 0.3) is 11.4 Å². The van der Waals surface area contributed by atoms with Crippen molar-refractivity contribution < 1.29 is 27.3 Å². The number of carbonyl (C=O) groups excluding carboxylic acids is 2. The second-order valence-corrected chi connectivity index (χ2v) is 8.60. The molecule has 0 radical (unpaired) electrons. The monoisotopic (exact) mass is 482 g/mol. The van der Waals surface area contributed by atoms with Crippen LogP contribution < -0.4 is 4.90 Å². The smallest absolute Gasteiger partial charge is 0.337 e. The second kappa shape index (κ2) is 7.72. The lowest BCUT2D eigenvalue weighted by Gasteiger charge is -2.19. The van der Waals surface area contributed by atoms with Crippen LogP contribution in [0.1, 0.15) is 29.0 Å². The van der Waals surface area contributed by atoms with Crippen molar-refractivity contribution in [2.24, 2.45) is 10.3 Å². The number of hydrogen-bond donors (Lipinski definition) is 0. The summed E-state index contributed by atoms with van der Waals surface area (Å²) in [6.45, 7) is -0.131. The molecule has 0 bridgehead atoms. The summed E-state index contributed by atoms with van der Waals surface area (Å²) in [7, 11) is 0. The number of imide groups is 1. The molecule has 2 amide bonds. The Hall–Kier alpha value is -4.09. The highest BCUT2D eigenvalue weighted by atomic mass is 19.4. The quantitative estimate of drug-likeness (QED) is 0.525. The van der Waals surface area contributed by atoms with Gasteiger partial charge in [0.2, 0.25) is 11.7 Å². The van der Waals surface area contributed by atoms with Gasteiger partial charge >= 0.3 is 6.18 Å². The fourth-order valence-corrected chi connectivity index (χ4v) is 4.72. The number of benzene rings is 2. The largest absolute Gasteiger partial charge is 0.416 e. The van der Waals surface area contributed by atoms with E-state index < -0.39 is 35.6 Å². The van der Waals surface area contributed by atoms with Gasteiger partial charge in [-0.05, 0) is 54.7 Å². The normalized spacial score (nSPS) is 21.2. The Morgan fingerprint density at radius 3 is 2.69 bits per heavy atom. The molecule has 0 N–H and O–H groups in total. The fourth-order valence-electron chi connectivity index (χ4n) is 4.72. The highest BCUT2D eigenvalue weighted by Crippen LogP contribution is 2.35. The van der Waals surface area contributed by atoms with Gasteiger partial charge in [-0.25, -0.2) is 4.90 Å². The number of nitrogens with zero attached hydrogens (tertiary/aromatic N) is 6. The van der Waals surface area contributed by atoms with Crippen molar-refractivity contribution in [2.75, 3.05) is 4.90 Å². The molecule has 2 aliphatic heterocycles. The maximum absolute atomic E-state index is 13.2. The molecule has 35 heavy (non-hydrogen) atoms. The van der Waals surface area contributed by atoms with Crippen LogP contribution in [0.2, 0.25) is 0 Å². The van der Waals surface area contributed by atoms with Crippen molar-refractivity contribution >= 4 is 17.5 Å². The van der Waals surface area contributed by atoms with E-state index in [4.69, 9.17) is 4.52 Å². The number of alkyl halides is 3. The first-order valence-electron chi connectivity index (χ1n) is 11.0. The minimum absolute atomic E-state index is 0.0215. The maximum atomic E-state index is 13.2. The topological polar surface area (TPSA) is 104 Å². The van der Waals surface area contributed by atoms with Crippen LogP contribution >= 0.6 is 0 Å². The number of fused-ring (bicyclic) bond motifs is 2. The maximum Gasteiger partial charge on any atom is 0.416 e. The highest BCUT2D eigenvalue weighted by Gasteiger charge is 2.55. The van der Waals surface area contributed by atoms with Crippen molar-refractivity contribution in [3.8, 4) is 11.4 Å². The minimum Gasteiger partial charge on any atom is -0.337 e. The zero-order chi connectivity index (χ0) is 24.3. The van der Waals surface area contributed by atoms with E-state index in [1.165, 1.54) is 22.7 Å². The van der Waals surface area contributed by atoms with Gasteiger partial charge in [-0.1, -0.05) is 28.6 Å². The molecule has 6 rings (SSSR count). The van der Waals surface area contributed by atoms with E-state index in [1.54, 1.807) is 6.07 Å². The van der Waals surface area contributed by atoms with Crippen molar-refractivity contribution in [1.82, 2.24) is 15.1 Å². The van der Waals surface area contributed by atoms with Gasteiger partial charge in [0.15, 0.2) is 12.1 Å². The Balaban J connectivity index is 1.22. The summed E-state index contributed by atoms with van der Waals surface area (Å²) in [5.41, 5.74) is 2.16. The number of aryl methyl sites for hydroxylation is 2. The van der Waals surface area contributed by atoms with Gasteiger partial charge < -0.3 is 4.52 Å². The summed E-state index contributed by atoms with van der Waals surface area (Å²) in [6.07, 6.45) is -1.57. The Morgan fingerprint density at radius 2 is 1.86 bits per heavy atom. The van der Waals surface area contributed by atoms with Crippen molar-refractivity contribution in [3.63, 3.8) is 0 Å². The molecule has 3 aromatic rings. The molecule has 1 fully saturated rings. The molecule has 1 saturated heterocycles. The number of aromatic nitrogens is 2. The van der Waals surface area contributed by atoms with E-state index in [0.717, 1.165) is 41.9 Å². The molecule has 0 spiro atoms. The molecule has 9 nitrogen and oxygen atoms in total. The molecule has 2 aromatic carbocycles. The molecule has 1 aromatic heterocycles. The zero-order valence-electron chi connectivity index (χ0n) is 18.1. The number of carbonyl (C=O) groups is 2. The van der Waals surface area contributed by atoms with E-state index in [2.05, 4.69) is 20.5 Å². The molecular weight excluding hydrogens is 465 g/mol. The first-order chi connectivity index (χ1) is 16.8. The third-order valence-corrected chi connectivity index (χ3v) is 6.41. The van der Waals surface area contributed by atoms with Crippen LogP contribution in [-0.2, 0) is 35.2 Å². The van der Waals surface area contributed by atoms with Crippen LogP contribution in [0.15, 0.2) is 57.3 Å². The predicted molar refractivity (Wildman–Crippen MR) is 114 cm³/mol. The molecule has 1 aliphatic carbocycles. The van der Waals surface area contributed by atoms with Crippen molar-refractivity contribution in [3.05, 3.63) is 65.0 Å². The Morgan fingerprint density at radius 1 is 1.03 bits per heavy atom.